The third kappa shape index (κ3) is 3.92. The van der Waals surface area contributed by atoms with Gasteiger partial charge in [0.1, 0.15) is 52.9 Å². The fourth-order valence-corrected chi connectivity index (χ4v) is 11.4. The van der Waals surface area contributed by atoms with Gasteiger partial charge in [0.15, 0.2) is 57.5 Å². The standard InChI is InChI=1S/C29H22O10S5/c1-11-15-17(35-5-4-33-15)25(41-11)22-13(30)14(31)23(42-22)26-18-20(38-8-6-36-18)28(43-26)29-21-19(37-7-9-39-21)27(44-29)24-16-12(10-40-24)32-2-3-34-16/h10,30-31H,2-9H2,1H3. The summed E-state index contributed by atoms with van der Waals surface area (Å²) >= 11 is 7.23. The summed E-state index contributed by atoms with van der Waals surface area (Å²) in [6.45, 7) is 5.41. The van der Waals surface area contributed by atoms with Crippen LogP contribution in [-0.2, 0) is 0 Å². The van der Waals surface area contributed by atoms with E-state index in [2.05, 4.69) is 0 Å². The van der Waals surface area contributed by atoms with Crippen LogP contribution in [0.5, 0.6) is 57.5 Å². The van der Waals surface area contributed by atoms with E-state index >= 15 is 0 Å². The molecule has 0 aromatic carbocycles. The summed E-state index contributed by atoms with van der Waals surface area (Å²) < 4.78 is 48.3. The van der Waals surface area contributed by atoms with Crippen molar-refractivity contribution in [2.45, 2.75) is 6.92 Å². The molecule has 44 heavy (non-hydrogen) atoms. The van der Waals surface area contributed by atoms with E-state index in [0.717, 1.165) is 35.0 Å². The van der Waals surface area contributed by atoms with Gasteiger partial charge in [-0.05, 0) is 6.92 Å². The molecule has 5 aromatic heterocycles. The van der Waals surface area contributed by atoms with E-state index < -0.39 is 0 Å². The number of fused-ring (bicyclic) bond motifs is 4. The van der Waals surface area contributed by atoms with Gasteiger partial charge >= 0.3 is 0 Å². The van der Waals surface area contributed by atoms with Crippen LogP contribution >= 0.6 is 56.7 Å². The zero-order chi connectivity index (χ0) is 29.5. The molecule has 0 aliphatic carbocycles. The largest absolute Gasteiger partial charge is 0.503 e. The topological polar surface area (TPSA) is 114 Å². The summed E-state index contributed by atoms with van der Waals surface area (Å²) in [6, 6.07) is 0. The molecule has 0 atom stereocenters. The maximum atomic E-state index is 11.3. The lowest BCUT2D eigenvalue weighted by atomic mass is 10.2. The third-order valence-corrected chi connectivity index (χ3v) is 13.5. The lowest BCUT2D eigenvalue weighted by Gasteiger charge is -2.19. The van der Waals surface area contributed by atoms with Crippen LogP contribution < -0.4 is 37.9 Å². The van der Waals surface area contributed by atoms with E-state index in [0.29, 0.717) is 108 Å². The molecule has 9 rings (SSSR count). The Morgan fingerprint density at radius 2 is 0.795 bits per heavy atom. The van der Waals surface area contributed by atoms with Gasteiger partial charge in [-0.25, -0.2) is 0 Å². The molecule has 0 fully saturated rings. The second-order valence-electron chi connectivity index (χ2n) is 9.99. The molecule has 228 valence electrons. The second kappa shape index (κ2) is 10.3. The number of aromatic hydroxyl groups is 2. The number of hydrogen-bond donors (Lipinski definition) is 2. The molecular formula is C29H22O10S5. The van der Waals surface area contributed by atoms with Gasteiger partial charge < -0.3 is 48.1 Å². The van der Waals surface area contributed by atoms with Gasteiger partial charge in [-0.15, -0.1) is 56.7 Å². The Balaban J connectivity index is 1.20. The first-order chi connectivity index (χ1) is 21.6. The highest BCUT2D eigenvalue weighted by Crippen LogP contribution is 2.66. The monoisotopic (exact) mass is 690 g/mol. The predicted octanol–water partition coefficient (Wildman–Crippen LogP) is 7.47. The molecule has 0 saturated carbocycles. The summed E-state index contributed by atoms with van der Waals surface area (Å²) in [5.41, 5.74) is 0. The molecule has 0 saturated heterocycles. The fourth-order valence-electron chi connectivity index (χ4n) is 5.48. The van der Waals surface area contributed by atoms with Crippen molar-refractivity contribution in [3.8, 4) is 96.5 Å². The summed E-state index contributed by atoms with van der Waals surface area (Å²) in [6.07, 6.45) is 0. The molecule has 0 unspecified atom stereocenters. The normalized spacial score (nSPS) is 16.3. The summed E-state index contributed by atoms with van der Waals surface area (Å²) in [5, 5.41) is 24.4. The maximum Gasteiger partial charge on any atom is 0.181 e. The van der Waals surface area contributed by atoms with Crippen molar-refractivity contribution >= 4 is 56.7 Å². The van der Waals surface area contributed by atoms with Crippen LogP contribution in [0.15, 0.2) is 5.38 Å². The van der Waals surface area contributed by atoms with Crippen molar-refractivity contribution < 1.29 is 48.1 Å². The molecule has 5 aromatic rings. The van der Waals surface area contributed by atoms with E-state index in [1.807, 2.05) is 12.3 Å². The molecule has 10 nitrogen and oxygen atoms in total. The van der Waals surface area contributed by atoms with Crippen molar-refractivity contribution in [1.29, 1.82) is 0 Å². The molecule has 0 radical (unpaired) electrons. The Morgan fingerprint density at radius 1 is 0.432 bits per heavy atom. The van der Waals surface area contributed by atoms with Crippen LogP contribution in [0, 0.1) is 6.92 Å². The van der Waals surface area contributed by atoms with Crippen molar-refractivity contribution in [3.05, 3.63) is 10.3 Å². The SMILES string of the molecule is Cc1sc(-c2sc(-c3sc(-c4sc(-c5scc6c5OCCO6)c5c4OCCO5)c4c3OCCO4)c(O)c2O)c2c1OCCO2. The van der Waals surface area contributed by atoms with Crippen LogP contribution in [0.25, 0.3) is 39.0 Å². The van der Waals surface area contributed by atoms with Crippen molar-refractivity contribution in [1.82, 2.24) is 0 Å². The quantitative estimate of drug-likeness (QED) is 0.197. The first-order valence-electron chi connectivity index (χ1n) is 13.8. The van der Waals surface area contributed by atoms with E-state index in [1.165, 1.54) is 45.3 Å². The molecular weight excluding hydrogens is 669 g/mol. The Morgan fingerprint density at radius 3 is 1.34 bits per heavy atom. The van der Waals surface area contributed by atoms with Gasteiger partial charge in [0.25, 0.3) is 0 Å². The maximum absolute atomic E-state index is 11.3. The van der Waals surface area contributed by atoms with Crippen molar-refractivity contribution in [2.24, 2.45) is 0 Å². The van der Waals surface area contributed by atoms with Crippen molar-refractivity contribution in [3.63, 3.8) is 0 Å². The molecule has 2 N–H and O–H groups in total. The van der Waals surface area contributed by atoms with Crippen LogP contribution in [0.4, 0.5) is 0 Å². The molecule has 0 amide bonds. The van der Waals surface area contributed by atoms with Gasteiger partial charge in [0.2, 0.25) is 0 Å². The summed E-state index contributed by atoms with van der Waals surface area (Å²) in [7, 11) is 0. The Kier molecular flexibility index (Phi) is 6.27. The Bertz CT molecular complexity index is 1940. The highest BCUT2D eigenvalue weighted by molar-refractivity contribution is 7.31. The van der Waals surface area contributed by atoms with Crippen LogP contribution in [0.1, 0.15) is 4.88 Å². The zero-order valence-electron chi connectivity index (χ0n) is 22.9. The molecule has 0 bridgehead atoms. The number of aryl methyl sites for hydroxylation is 1. The van der Waals surface area contributed by atoms with E-state index in [4.69, 9.17) is 37.9 Å². The molecule has 0 spiro atoms. The van der Waals surface area contributed by atoms with Crippen molar-refractivity contribution in [2.75, 3.05) is 52.9 Å². The Hall–Kier alpha value is -3.50. The molecule has 15 heteroatoms. The number of ether oxygens (including phenoxy) is 8. The minimum absolute atomic E-state index is 0.208. The van der Waals surface area contributed by atoms with E-state index in [1.54, 1.807) is 11.3 Å². The smallest absolute Gasteiger partial charge is 0.181 e. The lowest BCUT2D eigenvalue weighted by molar-refractivity contribution is 0.171. The van der Waals surface area contributed by atoms with Crippen LogP contribution in [0.3, 0.4) is 0 Å². The number of thiophene rings is 5. The molecule has 9 heterocycles. The first kappa shape index (κ1) is 26.9. The molecule has 4 aliphatic rings. The van der Waals surface area contributed by atoms with Crippen LogP contribution in [0.2, 0.25) is 0 Å². The van der Waals surface area contributed by atoms with Crippen LogP contribution in [-0.4, -0.2) is 63.1 Å². The highest BCUT2D eigenvalue weighted by Gasteiger charge is 2.37. The third-order valence-electron chi connectivity index (χ3n) is 7.35. The van der Waals surface area contributed by atoms with E-state index in [9.17, 15) is 10.2 Å². The highest BCUT2D eigenvalue weighted by atomic mass is 32.1. The summed E-state index contributed by atoms with van der Waals surface area (Å²) in [5.74, 6) is 4.68. The molecule has 4 aliphatic heterocycles. The minimum Gasteiger partial charge on any atom is -0.503 e. The number of rotatable bonds is 4. The van der Waals surface area contributed by atoms with Gasteiger partial charge in [0, 0.05) is 10.3 Å². The fraction of sp³-hybridized carbons (Fsp3) is 0.310. The minimum atomic E-state index is -0.220. The summed E-state index contributed by atoms with van der Waals surface area (Å²) in [4.78, 5) is 6.76. The lowest BCUT2D eigenvalue weighted by Crippen LogP contribution is -2.16. The average molecular weight is 691 g/mol. The van der Waals surface area contributed by atoms with Gasteiger partial charge in [-0.3, -0.25) is 0 Å². The van der Waals surface area contributed by atoms with Gasteiger partial charge in [-0.2, -0.15) is 0 Å². The average Bonchev–Trinajstić information content (AvgIpc) is 3.87. The predicted molar refractivity (Wildman–Crippen MR) is 170 cm³/mol. The zero-order valence-corrected chi connectivity index (χ0v) is 27.0. The first-order valence-corrected chi connectivity index (χ1v) is 17.9. The number of hydrogen-bond acceptors (Lipinski definition) is 15. The van der Waals surface area contributed by atoms with Gasteiger partial charge in [0.05, 0.1) is 39.0 Å². The second-order valence-corrected chi connectivity index (χ2v) is 15.2. The van der Waals surface area contributed by atoms with Gasteiger partial charge in [-0.1, -0.05) is 0 Å². The van der Waals surface area contributed by atoms with E-state index in [-0.39, 0.29) is 11.5 Å². The Labute approximate surface area is 270 Å².